The van der Waals surface area contributed by atoms with Crippen molar-refractivity contribution in [1.82, 2.24) is 29.5 Å². The average molecular weight is 877 g/mol. The second kappa shape index (κ2) is 17.9. The van der Waals surface area contributed by atoms with Gasteiger partial charge in [0.1, 0.15) is 11.1 Å². The van der Waals surface area contributed by atoms with Gasteiger partial charge >= 0.3 is 18.1 Å². The summed E-state index contributed by atoms with van der Waals surface area (Å²) in [7, 11) is 0.135. The van der Waals surface area contributed by atoms with Gasteiger partial charge in [0.2, 0.25) is 17.6 Å². The van der Waals surface area contributed by atoms with Crippen molar-refractivity contribution in [2.24, 2.45) is 0 Å². The number of alkyl halides is 3. The largest absolute Gasteiger partial charge is 0.494 e. The normalized spacial score (nSPS) is 11.1. The van der Waals surface area contributed by atoms with E-state index in [4.69, 9.17) is 64.0 Å². The number of aryl methyl sites for hydroxylation is 1. The van der Waals surface area contributed by atoms with Crippen molar-refractivity contribution in [1.29, 1.82) is 0 Å². The Kier molecular flexibility index (Phi) is 13.8. The van der Waals surface area contributed by atoms with E-state index in [0.717, 1.165) is 28.8 Å². The second-order valence-corrected chi connectivity index (χ2v) is 13.7. The van der Waals surface area contributed by atoms with Crippen molar-refractivity contribution in [2.75, 3.05) is 33.2 Å². The topological polar surface area (TPSA) is 227 Å². The molecule has 0 saturated heterocycles. The van der Waals surface area contributed by atoms with Crippen molar-refractivity contribution >= 4 is 79.4 Å². The Morgan fingerprint density at radius 1 is 0.825 bits per heavy atom. The number of hydrogen-bond acceptors (Lipinski definition) is 13. The van der Waals surface area contributed by atoms with E-state index in [1.54, 1.807) is 18.3 Å². The van der Waals surface area contributed by atoms with Gasteiger partial charge in [0.05, 0.1) is 60.7 Å². The fraction of sp³-hybridized carbons (Fsp3) is 0.182. The molecular weight excluding hydrogens is 850 g/mol. The van der Waals surface area contributed by atoms with Crippen LogP contribution in [0, 0.1) is 6.92 Å². The summed E-state index contributed by atoms with van der Waals surface area (Å²) in [6.45, 7) is 1.90. The van der Waals surface area contributed by atoms with Gasteiger partial charge in [-0.25, -0.2) is 27.7 Å². The van der Waals surface area contributed by atoms with Gasteiger partial charge in [-0.15, -0.1) is 5.10 Å². The third-order valence-electron chi connectivity index (χ3n) is 7.17. The molecule has 0 amide bonds. The number of anilines is 1. The fourth-order valence-corrected chi connectivity index (χ4v) is 6.73. The highest BCUT2D eigenvalue weighted by Gasteiger charge is 2.40. The number of fused-ring (bicyclic) bond motifs is 2. The highest BCUT2D eigenvalue weighted by molar-refractivity contribution is 7.92. The summed E-state index contributed by atoms with van der Waals surface area (Å²) in [5.41, 5.74) is -0.0921. The van der Waals surface area contributed by atoms with Gasteiger partial charge in [0.25, 0.3) is 21.7 Å². The number of aromatic carboxylic acids is 2. The first-order valence-corrected chi connectivity index (χ1v) is 17.9. The maximum absolute atomic E-state index is 13.3. The molecule has 4 heterocycles. The van der Waals surface area contributed by atoms with Crippen LogP contribution < -0.4 is 23.7 Å². The zero-order chi connectivity index (χ0) is 42.4. The van der Waals surface area contributed by atoms with E-state index in [2.05, 4.69) is 25.0 Å². The Morgan fingerprint density at radius 3 is 2.02 bits per heavy atom. The van der Waals surface area contributed by atoms with E-state index in [0.29, 0.717) is 11.6 Å². The third kappa shape index (κ3) is 9.92. The minimum atomic E-state index is -4.98. The summed E-state index contributed by atoms with van der Waals surface area (Å²) >= 11 is 17.2. The van der Waals surface area contributed by atoms with Crippen molar-refractivity contribution in [3.05, 3.63) is 92.2 Å². The first kappa shape index (κ1) is 43.8. The minimum Gasteiger partial charge on any atom is -0.494 e. The smallest absolute Gasteiger partial charge is 0.418 e. The summed E-state index contributed by atoms with van der Waals surface area (Å²) in [6.07, 6.45) is -2.57. The standard InChI is InChI=1S/C14H13F3N6O5S.C11H8ClNO2.C8H6Cl2O3/c1-26-8-6-9(27-2)23-13(19-8)20-12(21-23)22-29(24,25)10-7(14(15,16)17)4-5-18-11(10)28-3;1-6-4-7-2-3-8(12)9(11(14)15)10(7)13-5-6;1-13-7-5(10)3-2-4(9)6(7)8(11)12/h4-6H,1-3H3,(H,21,22);2-5H,1H3,(H,14,15);2-3H,1H3,(H,11,12). The third-order valence-corrected chi connectivity index (χ3v) is 9.48. The number of carboxylic acids is 2. The number of halogens is 6. The van der Waals surface area contributed by atoms with E-state index >= 15 is 0 Å². The Labute approximate surface area is 334 Å². The highest BCUT2D eigenvalue weighted by atomic mass is 35.5. The molecule has 0 saturated carbocycles. The SMILES string of the molecule is COc1c(Cl)ccc(Cl)c1C(=O)O.COc1cc(OC)n2nc(NS(=O)(=O)c3c(C(F)(F)F)ccnc3OC)nc2n1.Cc1cnc2c(C(=O)O)c(Cl)ccc2c1. The molecule has 0 aliphatic carbocycles. The number of nitrogens with one attached hydrogen (secondary N) is 1. The number of carbonyl (C=O) groups is 2. The molecule has 0 aliphatic heterocycles. The zero-order valence-corrected chi connectivity index (χ0v) is 32.8. The van der Waals surface area contributed by atoms with Crippen molar-refractivity contribution in [3.8, 4) is 23.4 Å². The van der Waals surface area contributed by atoms with Crippen LogP contribution in [0.3, 0.4) is 0 Å². The van der Waals surface area contributed by atoms with Gasteiger partial charge in [-0.2, -0.15) is 27.7 Å². The molecule has 2 aromatic carbocycles. The predicted molar refractivity (Wildman–Crippen MR) is 199 cm³/mol. The maximum atomic E-state index is 13.3. The first-order chi connectivity index (χ1) is 26.8. The lowest BCUT2D eigenvalue weighted by Gasteiger charge is -2.15. The molecule has 3 N–H and O–H groups in total. The van der Waals surface area contributed by atoms with Gasteiger partial charge in [-0.3, -0.25) is 4.98 Å². The predicted octanol–water partition coefficient (Wildman–Crippen LogP) is 6.96. The maximum Gasteiger partial charge on any atom is 0.418 e. The van der Waals surface area contributed by atoms with Gasteiger partial charge in [-0.05, 0) is 42.8 Å². The lowest BCUT2D eigenvalue weighted by Crippen LogP contribution is -2.21. The average Bonchev–Trinajstić information content (AvgIpc) is 3.56. The van der Waals surface area contributed by atoms with Crippen LogP contribution in [-0.2, 0) is 16.2 Å². The number of benzene rings is 2. The molecule has 0 aliphatic rings. The lowest BCUT2D eigenvalue weighted by atomic mass is 10.1. The molecule has 57 heavy (non-hydrogen) atoms. The van der Waals surface area contributed by atoms with Crippen LogP contribution >= 0.6 is 34.8 Å². The molecule has 0 fully saturated rings. The summed E-state index contributed by atoms with van der Waals surface area (Å²) in [5, 5.41) is 23.0. The molecule has 0 bridgehead atoms. The van der Waals surface area contributed by atoms with Gasteiger partial charge in [-0.1, -0.05) is 40.9 Å². The number of hydrogen-bond donors (Lipinski definition) is 3. The Bertz CT molecular complexity index is 2600. The van der Waals surface area contributed by atoms with Crippen LogP contribution in [-0.4, -0.2) is 88.6 Å². The second-order valence-electron chi connectivity index (χ2n) is 10.8. The van der Waals surface area contributed by atoms with Crippen LogP contribution in [0.4, 0.5) is 19.1 Å². The molecule has 0 radical (unpaired) electrons. The van der Waals surface area contributed by atoms with E-state index in [-0.39, 0.29) is 49.5 Å². The number of rotatable bonds is 9. The van der Waals surface area contributed by atoms with Crippen molar-refractivity contribution < 1.29 is 60.3 Å². The number of ether oxygens (including phenoxy) is 4. The van der Waals surface area contributed by atoms with Crippen molar-refractivity contribution in [2.45, 2.75) is 18.0 Å². The Hall–Kier alpha value is -5.90. The summed E-state index contributed by atoms with van der Waals surface area (Å²) < 4.78 is 87.9. The molecule has 0 atom stereocenters. The molecular formula is C33H27Cl3F3N7O10S. The van der Waals surface area contributed by atoms with E-state index in [1.807, 2.05) is 17.7 Å². The van der Waals surface area contributed by atoms with Crippen LogP contribution in [0.15, 0.2) is 59.8 Å². The molecule has 6 aromatic rings. The summed E-state index contributed by atoms with van der Waals surface area (Å²) in [4.78, 5) is 35.9. The number of pyridine rings is 2. The van der Waals surface area contributed by atoms with Gasteiger partial charge in [0, 0.05) is 17.8 Å². The molecule has 4 aromatic heterocycles. The molecule has 302 valence electrons. The van der Waals surface area contributed by atoms with E-state index < -0.39 is 50.4 Å². The Balaban J connectivity index is 0.000000214. The number of sulfonamides is 1. The van der Waals surface area contributed by atoms with Crippen LogP contribution in [0.2, 0.25) is 15.1 Å². The number of aromatic nitrogens is 6. The summed E-state index contributed by atoms with van der Waals surface area (Å²) in [5.74, 6) is -3.35. The highest BCUT2D eigenvalue weighted by Crippen LogP contribution is 2.38. The minimum absolute atomic E-state index is 0.0640. The zero-order valence-electron chi connectivity index (χ0n) is 29.7. The van der Waals surface area contributed by atoms with Crippen LogP contribution in [0.5, 0.6) is 23.4 Å². The van der Waals surface area contributed by atoms with E-state index in [1.165, 1.54) is 39.5 Å². The molecule has 0 unspecified atom stereocenters. The quantitative estimate of drug-likeness (QED) is 0.133. The van der Waals surface area contributed by atoms with Crippen molar-refractivity contribution in [3.63, 3.8) is 0 Å². The summed E-state index contributed by atoms with van der Waals surface area (Å²) in [6, 6.07) is 9.99. The molecule has 0 spiro atoms. The number of methoxy groups -OCH3 is 4. The first-order valence-electron chi connectivity index (χ1n) is 15.3. The monoisotopic (exact) mass is 875 g/mol. The van der Waals surface area contributed by atoms with Crippen LogP contribution in [0.1, 0.15) is 31.8 Å². The van der Waals surface area contributed by atoms with Gasteiger partial charge in [0.15, 0.2) is 10.6 Å². The van der Waals surface area contributed by atoms with Gasteiger partial charge < -0.3 is 29.2 Å². The van der Waals surface area contributed by atoms with E-state index in [9.17, 15) is 31.2 Å². The molecule has 17 nitrogen and oxygen atoms in total. The van der Waals surface area contributed by atoms with Crippen LogP contribution in [0.25, 0.3) is 16.7 Å². The fourth-order valence-electron chi connectivity index (χ4n) is 4.77. The lowest BCUT2D eigenvalue weighted by molar-refractivity contribution is -0.140. The molecule has 24 heteroatoms. The Morgan fingerprint density at radius 2 is 1.46 bits per heavy atom. The number of nitrogens with zero attached hydrogens (tertiary/aromatic N) is 6. The number of carboxylic acid groups (broad SMARTS) is 2. The molecule has 6 rings (SSSR count).